The van der Waals surface area contributed by atoms with E-state index in [4.69, 9.17) is 10.5 Å². The van der Waals surface area contributed by atoms with Crippen molar-refractivity contribution in [2.24, 2.45) is 5.73 Å². The Kier molecular flexibility index (Phi) is 4.18. The molecule has 2 aromatic rings. The molecule has 0 aliphatic rings. The predicted molar refractivity (Wildman–Crippen MR) is 70.4 cm³/mol. The number of rotatable bonds is 3. The first-order valence-electron chi connectivity index (χ1n) is 6.09. The molecule has 0 aromatic heterocycles. The Balaban J connectivity index is 2.34. The smallest absolute Gasteiger partial charge is 0.416 e. The number of hydrogen-bond donors (Lipinski definition) is 1. The van der Waals surface area contributed by atoms with Crippen LogP contribution in [0.15, 0.2) is 42.5 Å². The van der Waals surface area contributed by atoms with Gasteiger partial charge in [0.2, 0.25) is 0 Å². The summed E-state index contributed by atoms with van der Waals surface area (Å²) in [7, 11) is 1.33. The maximum absolute atomic E-state index is 14.1. The second-order valence-electron chi connectivity index (χ2n) is 4.46. The number of alkyl halides is 3. The molecule has 21 heavy (non-hydrogen) atoms. The van der Waals surface area contributed by atoms with Crippen LogP contribution in [0.3, 0.4) is 0 Å². The van der Waals surface area contributed by atoms with Gasteiger partial charge in [-0.3, -0.25) is 0 Å². The fraction of sp³-hybridized carbons (Fsp3) is 0.200. The zero-order valence-corrected chi connectivity index (χ0v) is 11.1. The van der Waals surface area contributed by atoms with E-state index in [0.29, 0.717) is 5.56 Å². The fourth-order valence-electron chi connectivity index (χ4n) is 1.98. The Labute approximate surface area is 119 Å². The topological polar surface area (TPSA) is 35.2 Å². The van der Waals surface area contributed by atoms with Gasteiger partial charge in [0.1, 0.15) is 0 Å². The van der Waals surface area contributed by atoms with Crippen LogP contribution in [0.1, 0.15) is 22.7 Å². The van der Waals surface area contributed by atoms with Gasteiger partial charge in [-0.2, -0.15) is 13.2 Å². The van der Waals surface area contributed by atoms with E-state index in [1.54, 1.807) is 6.07 Å². The Morgan fingerprint density at radius 2 is 1.67 bits per heavy atom. The molecule has 0 saturated carbocycles. The Morgan fingerprint density at radius 3 is 2.19 bits per heavy atom. The SMILES string of the molecule is COc1cccc(C(N)c2ccc(C(F)(F)F)cc2)c1F. The number of benzene rings is 2. The van der Waals surface area contributed by atoms with Crippen molar-refractivity contribution in [3.8, 4) is 5.75 Å². The monoisotopic (exact) mass is 299 g/mol. The molecule has 6 heteroatoms. The minimum Gasteiger partial charge on any atom is -0.494 e. The van der Waals surface area contributed by atoms with Gasteiger partial charge in [0, 0.05) is 5.56 Å². The maximum Gasteiger partial charge on any atom is 0.416 e. The Morgan fingerprint density at radius 1 is 1.05 bits per heavy atom. The zero-order valence-electron chi connectivity index (χ0n) is 11.1. The molecule has 1 atom stereocenters. The van der Waals surface area contributed by atoms with Crippen molar-refractivity contribution in [3.05, 3.63) is 65.0 Å². The molecular weight excluding hydrogens is 286 g/mol. The highest BCUT2D eigenvalue weighted by molar-refractivity contribution is 5.39. The Bertz CT molecular complexity index is 623. The molecule has 0 spiro atoms. The summed E-state index contributed by atoms with van der Waals surface area (Å²) >= 11 is 0. The van der Waals surface area contributed by atoms with Crippen LogP contribution < -0.4 is 10.5 Å². The van der Waals surface area contributed by atoms with Crippen LogP contribution in [-0.2, 0) is 6.18 Å². The highest BCUT2D eigenvalue weighted by atomic mass is 19.4. The number of ether oxygens (including phenoxy) is 1. The van der Waals surface area contributed by atoms with E-state index < -0.39 is 23.6 Å². The molecular formula is C15H13F4NO. The highest BCUT2D eigenvalue weighted by Crippen LogP contribution is 2.32. The van der Waals surface area contributed by atoms with Crippen molar-refractivity contribution < 1.29 is 22.3 Å². The lowest BCUT2D eigenvalue weighted by Gasteiger charge is -2.16. The average molecular weight is 299 g/mol. The molecule has 2 N–H and O–H groups in total. The van der Waals surface area contributed by atoms with Crippen LogP contribution in [0, 0.1) is 5.82 Å². The van der Waals surface area contributed by atoms with Crippen LogP contribution in [0.5, 0.6) is 5.75 Å². The number of methoxy groups -OCH3 is 1. The van der Waals surface area contributed by atoms with Gasteiger partial charge in [-0.25, -0.2) is 4.39 Å². The van der Waals surface area contributed by atoms with Crippen LogP contribution in [0.2, 0.25) is 0 Å². The highest BCUT2D eigenvalue weighted by Gasteiger charge is 2.30. The molecule has 2 nitrogen and oxygen atoms in total. The van der Waals surface area contributed by atoms with Gasteiger partial charge >= 0.3 is 6.18 Å². The van der Waals surface area contributed by atoms with E-state index in [2.05, 4.69) is 0 Å². The summed E-state index contributed by atoms with van der Waals surface area (Å²) in [5.41, 5.74) is 5.70. The summed E-state index contributed by atoms with van der Waals surface area (Å²) in [6, 6.07) is 7.95. The second kappa shape index (κ2) is 5.73. The first-order valence-corrected chi connectivity index (χ1v) is 6.09. The minimum atomic E-state index is -4.41. The third kappa shape index (κ3) is 3.16. The van der Waals surface area contributed by atoms with E-state index in [1.807, 2.05) is 0 Å². The van der Waals surface area contributed by atoms with Gasteiger partial charge in [-0.15, -0.1) is 0 Å². The number of halogens is 4. The predicted octanol–water partition coefficient (Wildman–Crippen LogP) is 3.90. The number of nitrogens with two attached hydrogens (primary N) is 1. The van der Waals surface area contributed by atoms with E-state index in [9.17, 15) is 17.6 Å². The lowest BCUT2D eigenvalue weighted by Crippen LogP contribution is -2.14. The molecule has 0 aliphatic carbocycles. The lowest BCUT2D eigenvalue weighted by molar-refractivity contribution is -0.137. The summed E-state index contributed by atoms with van der Waals surface area (Å²) in [4.78, 5) is 0. The standard InChI is InChI=1S/C15H13F4NO/c1-21-12-4-2-3-11(13(12)16)14(20)9-5-7-10(8-6-9)15(17,18)19/h2-8,14H,20H2,1H3. The molecule has 0 amide bonds. The van der Waals surface area contributed by atoms with Gasteiger partial charge < -0.3 is 10.5 Å². The van der Waals surface area contributed by atoms with Gasteiger partial charge in [0.25, 0.3) is 0 Å². The van der Waals surface area contributed by atoms with Crippen LogP contribution in [0.25, 0.3) is 0 Å². The molecule has 0 radical (unpaired) electrons. The maximum atomic E-state index is 14.1. The summed E-state index contributed by atoms with van der Waals surface area (Å²) in [6.45, 7) is 0. The molecule has 0 bridgehead atoms. The molecule has 112 valence electrons. The van der Waals surface area contributed by atoms with E-state index in [0.717, 1.165) is 12.1 Å². The van der Waals surface area contributed by atoms with Crippen LogP contribution in [0.4, 0.5) is 17.6 Å². The van der Waals surface area contributed by atoms with Gasteiger partial charge in [0.15, 0.2) is 11.6 Å². The van der Waals surface area contributed by atoms with Crippen molar-refractivity contribution in [1.82, 2.24) is 0 Å². The van der Waals surface area contributed by atoms with Gasteiger partial charge in [-0.1, -0.05) is 24.3 Å². The third-order valence-electron chi connectivity index (χ3n) is 3.15. The largest absolute Gasteiger partial charge is 0.494 e. The zero-order chi connectivity index (χ0) is 15.6. The van der Waals surface area contributed by atoms with Crippen LogP contribution in [-0.4, -0.2) is 7.11 Å². The van der Waals surface area contributed by atoms with Gasteiger partial charge in [-0.05, 0) is 23.8 Å². The molecule has 2 rings (SSSR count). The summed E-state index contributed by atoms with van der Waals surface area (Å²) in [6.07, 6.45) is -4.41. The third-order valence-corrected chi connectivity index (χ3v) is 3.15. The first kappa shape index (κ1) is 15.3. The average Bonchev–Trinajstić information content (AvgIpc) is 2.46. The molecule has 1 unspecified atom stereocenters. The molecule has 0 saturated heterocycles. The molecule has 0 aliphatic heterocycles. The Hall–Kier alpha value is -2.08. The molecule has 0 fully saturated rings. The van der Waals surface area contributed by atoms with E-state index >= 15 is 0 Å². The minimum absolute atomic E-state index is 0.0369. The van der Waals surface area contributed by atoms with Crippen molar-refractivity contribution in [1.29, 1.82) is 0 Å². The quantitative estimate of drug-likeness (QED) is 0.872. The van der Waals surface area contributed by atoms with Crippen molar-refractivity contribution in [2.45, 2.75) is 12.2 Å². The van der Waals surface area contributed by atoms with Gasteiger partial charge in [0.05, 0.1) is 18.7 Å². The normalized spacial score (nSPS) is 13.0. The summed E-state index contributed by atoms with van der Waals surface area (Å²) < 4.78 is 56.4. The fourth-order valence-corrected chi connectivity index (χ4v) is 1.98. The van der Waals surface area contributed by atoms with Crippen molar-refractivity contribution >= 4 is 0 Å². The van der Waals surface area contributed by atoms with E-state index in [1.165, 1.54) is 31.4 Å². The number of hydrogen-bond acceptors (Lipinski definition) is 2. The first-order chi connectivity index (χ1) is 9.84. The second-order valence-corrected chi connectivity index (χ2v) is 4.46. The van der Waals surface area contributed by atoms with Crippen molar-refractivity contribution in [3.63, 3.8) is 0 Å². The summed E-state index contributed by atoms with van der Waals surface area (Å²) in [5.74, 6) is -0.581. The lowest BCUT2D eigenvalue weighted by atomic mass is 9.98. The summed E-state index contributed by atoms with van der Waals surface area (Å²) in [5, 5.41) is 0. The van der Waals surface area contributed by atoms with Crippen molar-refractivity contribution in [2.75, 3.05) is 7.11 Å². The van der Waals surface area contributed by atoms with Crippen LogP contribution >= 0.6 is 0 Å². The molecule has 2 aromatic carbocycles. The molecule has 0 heterocycles. The van der Waals surface area contributed by atoms with E-state index in [-0.39, 0.29) is 11.3 Å².